The molecule has 0 spiro atoms. The van der Waals surface area contributed by atoms with Crippen LogP contribution in [0.2, 0.25) is 0 Å². The Morgan fingerprint density at radius 3 is 2.44 bits per heavy atom. The van der Waals surface area contributed by atoms with Crippen molar-refractivity contribution < 1.29 is 14.5 Å². The first-order valence-corrected chi connectivity index (χ1v) is 10.1. The average molecular weight is 449 g/mol. The van der Waals surface area contributed by atoms with Crippen molar-refractivity contribution in [3.8, 4) is 6.07 Å². The summed E-state index contributed by atoms with van der Waals surface area (Å²) in [6, 6.07) is 11.4. The second-order valence-corrected chi connectivity index (χ2v) is 8.09. The maximum Gasteiger partial charge on any atom is 0.328 e. The molecule has 1 aromatic heterocycles. The number of imidazole rings is 1. The van der Waals surface area contributed by atoms with Gasteiger partial charge in [-0.2, -0.15) is 5.26 Å². The molecule has 0 N–H and O–H groups in total. The number of amides is 2. The molecular weight excluding hydrogens is 434 g/mol. The fraction of sp³-hybridized carbons (Fsp3) is 0.143. The van der Waals surface area contributed by atoms with Gasteiger partial charge in [-0.25, -0.2) is 4.79 Å². The van der Waals surface area contributed by atoms with Crippen LogP contribution in [0.25, 0.3) is 17.1 Å². The molecule has 4 rings (SSSR count). The number of nitro benzene ring substituents is 1. The standard InChI is InChI=1S/C21H15N5O5S/c1-23-16-7-14(15(26(30)31)9-17(16)24(2)20(23)28)8-18-19(27)25(21(29)32-18)11-13-6-4-3-5-12(13)10-22/h3-9H,11H2,1-2H3/b18-8-. The van der Waals surface area contributed by atoms with Crippen molar-refractivity contribution in [2.45, 2.75) is 6.54 Å². The number of thioether (sulfide) groups is 1. The van der Waals surface area contributed by atoms with E-state index in [0.29, 0.717) is 33.9 Å². The van der Waals surface area contributed by atoms with Crippen LogP contribution in [-0.2, 0) is 25.4 Å². The highest BCUT2D eigenvalue weighted by Gasteiger charge is 2.36. The number of aryl methyl sites for hydroxylation is 2. The number of hydrogen-bond acceptors (Lipinski definition) is 7. The number of rotatable bonds is 4. The van der Waals surface area contributed by atoms with Crippen LogP contribution in [0.4, 0.5) is 10.5 Å². The van der Waals surface area contributed by atoms with Gasteiger partial charge in [-0.05, 0) is 35.5 Å². The zero-order valence-electron chi connectivity index (χ0n) is 16.9. The van der Waals surface area contributed by atoms with E-state index >= 15 is 0 Å². The zero-order chi connectivity index (χ0) is 23.2. The van der Waals surface area contributed by atoms with Crippen molar-refractivity contribution in [2.24, 2.45) is 14.1 Å². The molecule has 1 aliphatic heterocycles. The Hall–Kier alpha value is -4.17. The molecule has 0 saturated carbocycles. The van der Waals surface area contributed by atoms with Crippen LogP contribution in [-0.4, -0.2) is 30.1 Å². The molecular formula is C21H15N5O5S. The van der Waals surface area contributed by atoms with E-state index in [1.807, 2.05) is 6.07 Å². The zero-order valence-corrected chi connectivity index (χ0v) is 17.8. The van der Waals surface area contributed by atoms with Crippen molar-refractivity contribution in [2.75, 3.05) is 0 Å². The molecule has 32 heavy (non-hydrogen) atoms. The van der Waals surface area contributed by atoms with E-state index < -0.39 is 16.1 Å². The predicted octanol–water partition coefficient (Wildman–Crippen LogP) is 2.89. The Morgan fingerprint density at radius 1 is 1.12 bits per heavy atom. The molecule has 1 saturated heterocycles. The molecule has 0 atom stereocenters. The number of carbonyl (C=O) groups is 2. The van der Waals surface area contributed by atoms with Gasteiger partial charge in [0.2, 0.25) is 0 Å². The first kappa shape index (κ1) is 21.1. The summed E-state index contributed by atoms with van der Waals surface area (Å²) in [5.74, 6) is -0.607. The monoisotopic (exact) mass is 449 g/mol. The van der Waals surface area contributed by atoms with Crippen LogP contribution in [0.3, 0.4) is 0 Å². The summed E-state index contributed by atoms with van der Waals surface area (Å²) in [5, 5.41) is 20.3. The molecule has 11 heteroatoms. The van der Waals surface area contributed by atoms with Gasteiger partial charge < -0.3 is 0 Å². The van der Waals surface area contributed by atoms with Crippen LogP contribution in [0.5, 0.6) is 0 Å². The van der Waals surface area contributed by atoms with Gasteiger partial charge in [-0.15, -0.1) is 0 Å². The highest BCUT2D eigenvalue weighted by molar-refractivity contribution is 8.18. The van der Waals surface area contributed by atoms with Gasteiger partial charge in [0.05, 0.1) is 44.6 Å². The molecule has 2 aromatic carbocycles. The summed E-state index contributed by atoms with van der Waals surface area (Å²) < 4.78 is 2.65. The Bertz CT molecular complexity index is 1460. The molecule has 0 bridgehead atoms. The Morgan fingerprint density at radius 2 is 1.78 bits per heavy atom. The van der Waals surface area contributed by atoms with Gasteiger partial charge in [0.25, 0.3) is 16.8 Å². The minimum absolute atomic E-state index is 0.0211. The molecule has 3 aromatic rings. The molecule has 10 nitrogen and oxygen atoms in total. The van der Waals surface area contributed by atoms with Gasteiger partial charge in [0.1, 0.15) is 0 Å². The van der Waals surface area contributed by atoms with Gasteiger partial charge >= 0.3 is 5.69 Å². The van der Waals surface area contributed by atoms with E-state index in [-0.39, 0.29) is 28.4 Å². The van der Waals surface area contributed by atoms with E-state index in [9.17, 15) is 29.8 Å². The fourth-order valence-corrected chi connectivity index (χ4v) is 4.37. The number of benzene rings is 2. The van der Waals surface area contributed by atoms with Crippen LogP contribution in [0.15, 0.2) is 46.1 Å². The van der Waals surface area contributed by atoms with E-state index in [0.717, 1.165) is 4.90 Å². The van der Waals surface area contributed by atoms with E-state index in [4.69, 9.17) is 0 Å². The van der Waals surface area contributed by atoms with Crippen molar-refractivity contribution in [1.29, 1.82) is 5.26 Å². The Balaban J connectivity index is 1.76. The molecule has 1 fully saturated rings. The van der Waals surface area contributed by atoms with Crippen LogP contribution in [0.1, 0.15) is 16.7 Å². The minimum atomic E-state index is -0.607. The quantitative estimate of drug-likeness (QED) is 0.340. The Labute approximate surface area is 185 Å². The number of nitriles is 1. The third-order valence-electron chi connectivity index (χ3n) is 5.24. The maximum absolute atomic E-state index is 12.9. The highest BCUT2D eigenvalue weighted by Crippen LogP contribution is 2.36. The SMILES string of the molecule is Cn1c(=O)n(C)c2cc([N+](=O)[O-])c(/C=C3\SC(=O)N(Cc4ccccc4C#N)C3=O)cc21. The maximum atomic E-state index is 12.9. The Kier molecular flexibility index (Phi) is 5.15. The van der Waals surface area contributed by atoms with Gasteiger partial charge in [0, 0.05) is 20.2 Å². The lowest BCUT2D eigenvalue weighted by atomic mass is 10.1. The second-order valence-electron chi connectivity index (χ2n) is 7.09. The topological polar surface area (TPSA) is 131 Å². The molecule has 2 heterocycles. The normalized spacial score (nSPS) is 15.0. The number of hydrogen-bond donors (Lipinski definition) is 0. The summed E-state index contributed by atoms with van der Waals surface area (Å²) >= 11 is 0.667. The number of imide groups is 1. The number of fused-ring (bicyclic) bond motifs is 1. The highest BCUT2D eigenvalue weighted by atomic mass is 32.2. The van der Waals surface area contributed by atoms with E-state index in [1.165, 1.54) is 34.4 Å². The summed E-state index contributed by atoms with van der Waals surface area (Å²) in [4.78, 5) is 49.6. The number of carbonyl (C=O) groups excluding carboxylic acids is 2. The lowest BCUT2D eigenvalue weighted by Gasteiger charge is -2.13. The largest absolute Gasteiger partial charge is 0.328 e. The third kappa shape index (κ3) is 3.36. The van der Waals surface area contributed by atoms with Crippen LogP contribution < -0.4 is 5.69 Å². The van der Waals surface area contributed by atoms with Gasteiger partial charge in [0.15, 0.2) is 0 Å². The lowest BCUT2D eigenvalue weighted by Crippen LogP contribution is -2.27. The van der Waals surface area contributed by atoms with E-state index in [2.05, 4.69) is 0 Å². The number of aromatic nitrogens is 2. The van der Waals surface area contributed by atoms with E-state index in [1.54, 1.807) is 31.3 Å². The van der Waals surface area contributed by atoms with Gasteiger partial charge in [-0.1, -0.05) is 18.2 Å². The number of nitro groups is 1. The van der Waals surface area contributed by atoms with Crippen molar-refractivity contribution in [1.82, 2.24) is 14.0 Å². The molecule has 0 unspecified atom stereocenters. The second kappa shape index (κ2) is 7.82. The number of nitrogens with zero attached hydrogens (tertiary/aromatic N) is 5. The summed E-state index contributed by atoms with van der Waals surface area (Å²) in [5.41, 5.74) is 1.17. The van der Waals surface area contributed by atoms with Gasteiger partial charge in [-0.3, -0.25) is 33.7 Å². The third-order valence-corrected chi connectivity index (χ3v) is 6.15. The predicted molar refractivity (Wildman–Crippen MR) is 117 cm³/mol. The van der Waals surface area contributed by atoms with Crippen molar-refractivity contribution in [3.63, 3.8) is 0 Å². The molecule has 0 aliphatic carbocycles. The lowest BCUT2D eigenvalue weighted by molar-refractivity contribution is -0.385. The van der Waals surface area contributed by atoms with Crippen molar-refractivity contribution >= 4 is 45.7 Å². The molecule has 0 radical (unpaired) electrons. The smallest absolute Gasteiger partial charge is 0.295 e. The fourth-order valence-electron chi connectivity index (χ4n) is 3.54. The van der Waals surface area contributed by atoms with Crippen LogP contribution >= 0.6 is 11.8 Å². The minimum Gasteiger partial charge on any atom is -0.295 e. The summed E-state index contributed by atoms with van der Waals surface area (Å²) in [6.07, 6.45) is 1.29. The van der Waals surface area contributed by atoms with Crippen LogP contribution in [0, 0.1) is 21.4 Å². The first-order valence-electron chi connectivity index (χ1n) is 9.30. The van der Waals surface area contributed by atoms with Crippen molar-refractivity contribution in [3.05, 3.63) is 78.6 Å². The average Bonchev–Trinajstić information content (AvgIpc) is 3.15. The molecule has 2 amide bonds. The molecule has 160 valence electrons. The first-order chi connectivity index (χ1) is 15.2. The summed E-state index contributed by atoms with van der Waals surface area (Å²) in [6.45, 7) is -0.0833. The summed E-state index contributed by atoms with van der Waals surface area (Å²) in [7, 11) is 3.05. The molecule has 1 aliphatic rings.